The van der Waals surface area contributed by atoms with Gasteiger partial charge in [0.05, 0.1) is 19.8 Å². The zero-order chi connectivity index (χ0) is 22.7. The molecule has 1 heterocycles. The van der Waals surface area contributed by atoms with Gasteiger partial charge in [-0.05, 0) is 35.9 Å². The van der Waals surface area contributed by atoms with E-state index in [0.29, 0.717) is 44.0 Å². The summed E-state index contributed by atoms with van der Waals surface area (Å²) in [5, 5.41) is 12.1. The Kier molecular flexibility index (Phi) is 6.95. The first-order chi connectivity index (χ1) is 14.6. The number of methoxy groups -OCH3 is 1. The predicted octanol–water partition coefficient (Wildman–Crippen LogP) is 3.94. The molecule has 170 valence electrons. The van der Waals surface area contributed by atoms with Gasteiger partial charge in [-0.15, -0.1) is 13.2 Å². The smallest absolute Gasteiger partial charge is 0.406 e. The van der Waals surface area contributed by atoms with Crippen LogP contribution in [0.4, 0.5) is 13.2 Å². The van der Waals surface area contributed by atoms with Crippen LogP contribution < -0.4 is 4.74 Å². The molecule has 0 aromatic heterocycles. The second-order valence-corrected chi connectivity index (χ2v) is 8.26. The van der Waals surface area contributed by atoms with Crippen molar-refractivity contribution in [3.63, 3.8) is 0 Å². The summed E-state index contributed by atoms with van der Waals surface area (Å²) in [6.45, 7) is 4.56. The highest BCUT2D eigenvalue weighted by Crippen LogP contribution is 2.50. The lowest BCUT2D eigenvalue weighted by Crippen LogP contribution is -2.63. The third kappa shape index (κ3) is 5.20. The van der Waals surface area contributed by atoms with E-state index in [1.165, 1.54) is 24.3 Å². The predicted molar refractivity (Wildman–Crippen MR) is 110 cm³/mol. The van der Waals surface area contributed by atoms with E-state index in [-0.39, 0.29) is 5.75 Å². The number of alkyl halides is 3. The van der Waals surface area contributed by atoms with Gasteiger partial charge in [-0.2, -0.15) is 0 Å². The summed E-state index contributed by atoms with van der Waals surface area (Å²) >= 11 is 0. The standard InChI is InChI=1S/C23H28F3NO4/c1-21(15-27(2)16-21)22(28,18-7-9-20(10-8-18)31-23(24,25)26)19-6-4-5-17(13-19)14-30-12-11-29-3/h4-10,13,28H,11-12,14-16H2,1-3H3. The first kappa shape index (κ1) is 23.5. The van der Waals surface area contributed by atoms with Gasteiger partial charge in [0.25, 0.3) is 0 Å². The van der Waals surface area contributed by atoms with E-state index < -0.39 is 17.4 Å². The van der Waals surface area contributed by atoms with E-state index >= 15 is 0 Å². The number of nitrogens with zero attached hydrogens (tertiary/aromatic N) is 1. The summed E-state index contributed by atoms with van der Waals surface area (Å²) in [5.74, 6) is -0.324. The van der Waals surface area contributed by atoms with Gasteiger partial charge in [-0.1, -0.05) is 43.3 Å². The van der Waals surface area contributed by atoms with Crippen molar-refractivity contribution in [2.75, 3.05) is 40.5 Å². The summed E-state index contributed by atoms with van der Waals surface area (Å²) in [6.07, 6.45) is -4.77. The number of rotatable bonds is 9. The minimum Gasteiger partial charge on any atom is -0.406 e. The van der Waals surface area contributed by atoms with Gasteiger partial charge >= 0.3 is 6.36 Å². The minimum atomic E-state index is -4.77. The van der Waals surface area contributed by atoms with Crippen molar-refractivity contribution in [1.82, 2.24) is 4.90 Å². The summed E-state index contributed by atoms with van der Waals surface area (Å²) in [4.78, 5) is 2.09. The molecule has 0 amide bonds. The van der Waals surface area contributed by atoms with Crippen molar-refractivity contribution in [2.24, 2.45) is 5.41 Å². The molecule has 5 nitrogen and oxygen atoms in total. The van der Waals surface area contributed by atoms with Crippen molar-refractivity contribution in [2.45, 2.75) is 25.5 Å². The van der Waals surface area contributed by atoms with Crippen LogP contribution in [-0.4, -0.2) is 56.8 Å². The van der Waals surface area contributed by atoms with Crippen molar-refractivity contribution in [1.29, 1.82) is 0 Å². The number of ether oxygens (including phenoxy) is 3. The largest absolute Gasteiger partial charge is 0.573 e. The highest BCUT2D eigenvalue weighted by atomic mass is 19.4. The summed E-state index contributed by atoms with van der Waals surface area (Å²) in [7, 11) is 3.56. The maximum absolute atomic E-state index is 12.5. The molecule has 1 aliphatic heterocycles. The molecule has 0 spiro atoms. The molecule has 1 unspecified atom stereocenters. The lowest BCUT2D eigenvalue weighted by molar-refractivity contribution is -0.274. The Bertz CT molecular complexity index is 866. The van der Waals surface area contributed by atoms with Gasteiger partial charge in [0.1, 0.15) is 11.4 Å². The normalized spacial score (nSPS) is 18.3. The van der Waals surface area contributed by atoms with Gasteiger partial charge in [0.15, 0.2) is 0 Å². The van der Waals surface area contributed by atoms with Crippen molar-refractivity contribution < 1.29 is 32.5 Å². The minimum absolute atomic E-state index is 0.324. The number of hydrogen-bond donors (Lipinski definition) is 1. The van der Waals surface area contributed by atoms with Crippen LogP contribution in [0.25, 0.3) is 0 Å². The van der Waals surface area contributed by atoms with Crippen LogP contribution in [0.2, 0.25) is 0 Å². The number of aliphatic hydroxyl groups is 1. The van der Waals surface area contributed by atoms with Crippen molar-refractivity contribution >= 4 is 0 Å². The molecule has 0 aliphatic carbocycles. The van der Waals surface area contributed by atoms with E-state index in [9.17, 15) is 18.3 Å². The zero-order valence-corrected chi connectivity index (χ0v) is 17.9. The average Bonchev–Trinajstić information content (AvgIpc) is 2.69. The second-order valence-electron chi connectivity index (χ2n) is 8.26. The molecule has 3 rings (SSSR count). The number of benzene rings is 2. The Morgan fingerprint density at radius 1 is 1.03 bits per heavy atom. The van der Waals surface area contributed by atoms with Crippen molar-refractivity contribution in [3.8, 4) is 5.75 Å². The molecule has 1 atom stereocenters. The number of likely N-dealkylation sites (tertiary alicyclic amines) is 1. The van der Waals surface area contributed by atoms with E-state index in [0.717, 1.165) is 5.56 Å². The van der Waals surface area contributed by atoms with Crippen LogP contribution in [0, 0.1) is 5.41 Å². The summed E-state index contributed by atoms with van der Waals surface area (Å²) in [6, 6.07) is 12.9. The summed E-state index contributed by atoms with van der Waals surface area (Å²) < 4.78 is 52.2. The Balaban J connectivity index is 1.94. The molecule has 31 heavy (non-hydrogen) atoms. The van der Waals surface area contributed by atoms with Crippen LogP contribution in [0.15, 0.2) is 48.5 Å². The topological polar surface area (TPSA) is 51.2 Å². The Morgan fingerprint density at radius 3 is 2.29 bits per heavy atom. The van der Waals surface area contributed by atoms with Gasteiger partial charge in [0.2, 0.25) is 0 Å². The van der Waals surface area contributed by atoms with Gasteiger partial charge in [0, 0.05) is 25.6 Å². The molecule has 0 bridgehead atoms. The van der Waals surface area contributed by atoms with Crippen LogP contribution in [0.1, 0.15) is 23.6 Å². The highest BCUT2D eigenvalue weighted by molar-refractivity contribution is 5.43. The zero-order valence-electron chi connectivity index (χ0n) is 17.9. The molecule has 2 aromatic carbocycles. The van der Waals surface area contributed by atoms with Gasteiger partial charge < -0.3 is 24.2 Å². The maximum Gasteiger partial charge on any atom is 0.573 e. The van der Waals surface area contributed by atoms with Gasteiger partial charge in [-0.25, -0.2) is 0 Å². The van der Waals surface area contributed by atoms with Crippen LogP contribution >= 0.6 is 0 Å². The second kappa shape index (κ2) is 9.16. The molecule has 0 saturated carbocycles. The molecule has 1 fully saturated rings. The third-order valence-electron chi connectivity index (χ3n) is 5.66. The van der Waals surface area contributed by atoms with E-state index in [1.54, 1.807) is 7.11 Å². The average molecular weight is 439 g/mol. The highest BCUT2D eigenvalue weighted by Gasteiger charge is 2.55. The Hall–Kier alpha value is -2.13. The lowest BCUT2D eigenvalue weighted by Gasteiger charge is -2.56. The Labute approximate surface area is 180 Å². The SMILES string of the molecule is COCCOCc1cccc(C(O)(c2ccc(OC(F)(F)F)cc2)C2(C)CN(C)C2)c1. The monoisotopic (exact) mass is 439 g/mol. The first-order valence-corrected chi connectivity index (χ1v) is 10.0. The van der Waals surface area contributed by atoms with E-state index in [4.69, 9.17) is 9.47 Å². The lowest BCUT2D eigenvalue weighted by atomic mass is 9.62. The number of hydrogen-bond acceptors (Lipinski definition) is 5. The molecule has 0 radical (unpaired) electrons. The number of halogens is 3. The fourth-order valence-electron chi connectivity index (χ4n) is 4.35. The van der Waals surface area contributed by atoms with Crippen LogP contribution in [-0.2, 0) is 21.7 Å². The van der Waals surface area contributed by atoms with Crippen LogP contribution in [0.5, 0.6) is 5.75 Å². The Morgan fingerprint density at radius 2 is 1.71 bits per heavy atom. The van der Waals surface area contributed by atoms with Crippen molar-refractivity contribution in [3.05, 3.63) is 65.2 Å². The fourth-order valence-corrected chi connectivity index (χ4v) is 4.35. The molecular weight excluding hydrogens is 411 g/mol. The quantitative estimate of drug-likeness (QED) is 0.600. The third-order valence-corrected chi connectivity index (χ3v) is 5.66. The van der Waals surface area contributed by atoms with Gasteiger partial charge in [-0.3, -0.25) is 0 Å². The summed E-state index contributed by atoms with van der Waals surface area (Å²) in [5.41, 5.74) is 0.138. The van der Waals surface area contributed by atoms with E-state index in [2.05, 4.69) is 9.64 Å². The fraction of sp³-hybridized carbons (Fsp3) is 0.478. The molecule has 1 saturated heterocycles. The first-order valence-electron chi connectivity index (χ1n) is 10.0. The van der Waals surface area contributed by atoms with Crippen LogP contribution in [0.3, 0.4) is 0 Å². The maximum atomic E-state index is 12.5. The molecule has 1 N–H and O–H groups in total. The molecular formula is C23H28F3NO4. The molecule has 1 aliphatic rings. The molecule has 2 aromatic rings. The van der Waals surface area contributed by atoms with E-state index in [1.807, 2.05) is 38.2 Å². The molecule has 8 heteroatoms.